The van der Waals surface area contributed by atoms with E-state index in [1.54, 1.807) is 18.4 Å². The summed E-state index contributed by atoms with van der Waals surface area (Å²) in [6.45, 7) is 3.76. The van der Waals surface area contributed by atoms with Crippen LogP contribution in [-0.2, 0) is 10.3 Å². The van der Waals surface area contributed by atoms with Crippen LogP contribution in [-0.4, -0.2) is 46.9 Å². The Hall–Kier alpha value is -3.46. The summed E-state index contributed by atoms with van der Waals surface area (Å²) in [6, 6.07) is 9.97. The number of hydrogen-bond donors (Lipinski definition) is 3. The normalized spacial score (nSPS) is 23.8. The molecule has 176 valence electrons. The monoisotopic (exact) mass is 475 g/mol. The Kier molecular flexibility index (Phi) is 5.73. The number of thiophene rings is 1. The molecule has 2 aromatic heterocycles. The molecule has 0 aliphatic carbocycles. The third-order valence-electron chi connectivity index (χ3n) is 7.19. The van der Waals surface area contributed by atoms with Gasteiger partial charge in [-0.3, -0.25) is 15.1 Å². The maximum atomic E-state index is 13.6. The lowest BCUT2D eigenvalue weighted by Crippen LogP contribution is -2.65. The van der Waals surface area contributed by atoms with Crippen molar-refractivity contribution in [2.24, 2.45) is 11.8 Å². The molecule has 2 atom stereocenters. The lowest BCUT2D eigenvalue weighted by atomic mass is 9.70. The fourth-order valence-electron chi connectivity index (χ4n) is 5.28. The van der Waals surface area contributed by atoms with Gasteiger partial charge >= 0.3 is 0 Å². The standard InChI is InChI=1S/C25H29N7OS/c1-25(21-11-18(14-34-21)17-4-3-5-19(26)10-17)22(23(33)31(2)24(27)30-25)16-6-8-32(9-7-16)20-12-28-15-29-13-20/h3-5,10-16,22H,6-9,26H2,1-2H3,(H2,27,30)/t22-,25-/m1/s1. The molecule has 4 heterocycles. The van der Waals surface area contributed by atoms with Gasteiger partial charge < -0.3 is 16.0 Å². The molecule has 0 spiro atoms. The van der Waals surface area contributed by atoms with E-state index < -0.39 is 5.54 Å². The summed E-state index contributed by atoms with van der Waals surface area (Å²) in [5.74, 6) is 0.0700. The second-order valence-corrected chi connectivity index (χ2v) is 10.2. The first kappa shape index (κ1) is 22.3. The van der Waals surface area contributed by atoms with Crippen molar-refractivity contribution in [1.29, 1.82) is 5.41 Å². The number of nitrogens with zero attached hydrogens (tertiary/aromatic N) is 4. The lowest BCUT2D eigenvalue weighted by molar-refractivity contribution is -0.138. The molecule has 2 aliphatic heterocycles. The van der Waals surface area contributed by atoms with E-state index in [2.05, 4.69) is 38.6 Å². The molecule has 9 heteroatoms. The number of aromatic nitrogens is 2. The number of guanidine groups is 1. The molecule has 5 rings (SSSR count). The summed E-state index contributed by atoms with van der Waals surface area (Å²) >= 11 is 1.63. The van der Waals surface area contributed by atoms with Crippen LogP contribution in [0, 0.1) is 17.2 Å². The van der Waals surface area contributed by atoms with Crippen LogP contribution in [0.4, 0.5) is 11.4 Å². The highest BCUT2D eigenvalue weighted by molar-refractivity contribution is 7.10. The molecular formula is C25H29N7OS. The lowest BCUT2D eigenvalue weighted by Gasteiger charge is -2.49. The van der Waals surface area contributed by atoms with Gasteiger partial charge in [-0.1, -0.05) is 12.1 Å². The highest BCUT2D eigenvalue weighted by Gasteiger charge is 2.52. The number of rotatable bonds is 4. The fourth-order valence-corrected chi connectivity index (χ4v) is 6.36. The molecule has 0 unspecified atom stereocenters. The Morgan fingerprint density at radius 2 is 1.91 bits per heavy atom. The van der Waals surface area contributed by atoms with Crippen LogP contribution in [0.2, 0.25) is 0 Å². The van der Waals surface area contributed by atoms with Crippen LogP contribution in [0.25, 0.3) is 11.1 Å². The smallest absolute Gasteiger partial charge is 0.235 e. The molecule has 0 saturated carbocycles. The van der Waals surface area contributed by atoms with E-state index in [1.807, 2.05) is 36.7 Å². The molecule has 1 aromatic carbocycles. The Morgan fingerprint density at radius 1 is 1.18 bits per heavy atom. The van der Waals surface area contributed by atoms with E-state index in [4.69, 9.17) is 11.1 Å². The fraction of sp³-hybridized carbons (Fsp3) is 0.360. The average Bonchev–Trinajstić information content (AvgIpc) is 3.35. The molecule has 1 amide bonds. The van der Waals surface area contributed by atoms with Crippen LogP contribution in [0.5, 0.6) is 0 Å². The second-order valence-electron chi connectivity index (χ2n) is 9.30. The van der Waals surface area contributed by atoms with Crippen LogP contribution >= 0.6 is 11.3 Å². The third kappa shape index (κ3) is 3.90. The third-order valence-corrected chi connectivity index (χ3v) is 8.35. The van der Waals surface area contributed by atoms with E-state index in [0.29, 0.717) is 0 Å². The van der Waals surface area contributed by atoms with E-state index in [0.717, 1.165) is 53.3 Å². The molecule has 8 nitrogen and oxygen atoms in total. The Bertz CT molecular complexity index is 1200. The Balaban J connectivity index is 1.44. The number of nitrogen functional groups attached to an aromatic ring is 1. The van der Waals surface area contributed by atoms with Gasteiger partial charge in [0.2, 0.25) is 5.91 Å². The van der Waals surface area contributed by atoms with Crippen molar-refractivity contribution < 1.29 is 4.79 Å². The quantitative estimate of drug-likeness (QED) is 0.498. The number of anilines is 2. The summed E-state index contributed by atoms with van der Waals surface area (Å²) in [5.41, 5.74) is 9.20. The Morgan fingerprint density at radius 3 is 2.62 bits per heavy atom. The van der Waals surface area contributed by atoms with Crippen molar-refractivity contribution in [3.63, 3.8) is 0 Å². The van der Waals surface area contributed by atoms with Gasteiger partial charge in [0.05, 0.1) is 29.5 Å². The SMILES string of the molecule is CN1C(=N)N[C@](C)(c2cc(-c3cccc(N)c3)cs2)[C@H](C2CCN(c3cncnc3)CC2)C1=O. The number of carbonyl (C=O) groups excluding carboxylic acids is 1. The first-order valence-corrected chi connectivity index (χ1v) is 12.3. The molecule has 2 aliphatic rings. The number of nitrogens with two attached hydrogens (primary N) is 1. The first-order valence-electron chi connectivity index (χ1n) is 11.5. The number of benzene rings is 1. The maximum Gasteiger partial charge on any atom is 0.235 e. The van der Waals surface area contributed by atoms with E-state index in [-0.39, 0.29) is 23.7 Å². The van der Waals surface area contributed by atoms with E-state index >= 15 is 0 Å². The highest BCUT2D eigenvalue weighted by Crippen LogP contribution is 2.45. The summed E-state index contributed by atoms with van der Waals surface area (Å²) < 4.78 is 0. The van der Waals surface area contributed by atoms with Gasteiger partial charge in [-0.05, 0) is 60.4 Å². The molecule has 2 saturated heterocycles. The van der Waals surface area contributed by atoms with Crippen LogP contribution in [0.15, 0.2) is 54.4 Å². The zero-order chi connectivity index (χ0) is 23.9. The van der Waals surface area contributed by atoms with Gasteiger partial charge in [-0.25, -0.2) is 9.97 Å². The number of piperidine rings is 1. The Labute approximate surface area is 203 Å². The van der Waals surface area contributed by atoms with Gasteiger partial charge in [0.25, 0.3) is 0 Å². The number of amides is 1. The predicted octanol–water partition coefficient (Wildman–Crippen LogP) is 3.53. The molecule has 0 bridgehead atoms. The molecule has 4 N–H and O–H groups in total. The van der Waals surface area contributed by atoms with Gasteiger partial charge in [-0.2, -0.15) is 0 Å². The number of hydrogen-bond acceptors (Lipinski definition) is 7. The molecule has 0 radical (unpaired) electrons. The molecule has 3 aromatic rings. The van der Waals surface area contributed by atoms with Crippen LogP contribution in [0.3, 0.4) is 0 Å². The predicted molar refractivity (Wildman–Crippen MR) is 136 cm³/mol. The highest BCUT2D eigenvalue weighted by atomic mass is 32.1. The van der Waals surface area contributed by atoms with Crippen molar-refractivity contribution in [3.05, 3.63) is 59.3 Å². The van der Waals surface area contributed by atoms with Gasteiger partial charge in [0.15, 0.2) is 5.96 Å². The van der Waals surface area contributed by atoms with E-state index in [9.17, 15) is 4.79 Å². The number of carbonyl (C=O) groups is 1. The molecule has 2 fully saturated rings. The van der Waals surface area contributed by atoms with Crippen molar-refractivity contribution in [3.8, 4) is 11.1 Å². The summed E-state index contributed by atoms with van der Waals surface area (Å²) in [4.78, 5) is 26.7. The summed E-state index contributed by atoms with van der Waals surface area (Å²) in [6.07, 6.45) is 6.99. The van der Waals surface area contributed by atoms with Crippen LogP contribution < -0.4 is 16.0 Å². The van der Waals surface area contributed by atoms with Crippen molar-refractivity contribution in [1.82, 2.24) is 20.2 Å². The zero-order valence-electron chi connectivity index (χ0n) is 19.4. The van der Waals surface area contributed by atoms with Crippen molar-refractivity contribution >= 4 is 34.6 Å². The van der Waals surface area contributed by atoms with Gasteiger partial charge in [-0.15, -0.1) is 11.3 Å². The number of nitrogens with one attached hydrogen (secondary N) is 2. The molecular weight excluding hydrogens is 446 g/mol. The largest absolute Gasteiger partial charge is 0.399 e. The summed E-state index contributed by atoms with van der Waals surface area (Å²) in [7, 11) is 1.69. The minimum Gasteiger partial charge on any atom is -0.399 e. The zero-order valence-corrected chi connectivity index (χ0v) is 20.2. The minimum absolute atomic E-state index is 0.00616. The first-order chi connectivity index (χ1) is 16.4. The summed E-state index contributed by atoms with van der Waals surface area (Å²) in [5, 5.41) is 13.9. The maximum absolute atomic E-state index is 13.6. The second kappa shape index (κ2) is 8.72. The minimum atomic E-state index is -0.660. The topological polar surface area (TPSA) is 111 Å². The van der Waals surface area contributed by atoms with Gasteiger partial charge in [0, 0.05) is 30.7 Å². The van der Waals surface area contributed by atoms with Crippen molar-refractivity contribution in [2.75, 3.05) is 30.8 Å². The van der Waals surface area contributed by atoms with Gasteiger partial charge in [0.1, 0.15) is 6.33 Å². The van der Waals surface area contributed by atoms with Crippen molar-refractivity contribution in [2.45, 2.75) is 25.3 Å². The van der Waals surface area contributed by atoms with E-state index in [1.165, 1.54) is 11.2 Å². The molecule has 34 heavy (non-hydrogen) atoms. The average molecular weight is 476 g/mol. The van der Waals surface area contributed by atoms with Crippen LogP contribution in [0.1, 0.15) is 24.6 Å².